The van der Waals surface area contributed by atoms with Crippen LogP contribution in [0.3, 0.4) is 0 Å². The van der Waals surface area contributed by atoms with E-state index in [1.54, 1.807) is 19.2 Å². The third-order valence-corrected chi connectivity index (χ3v) is 5.12. The molecule has 2 aromatic rings. The Morgan fingerprint density at radius 2 is 1.77 bits per heavy atom. The molecule has 0 unspecified atom stereocenters. The molecule has 2 atom stereocenters. The highest BCUT2D eigenvalue weighted by molar-refractivity contribution is 6.19. The number of hydrogen-bond donors (Lipinski definition) is 2. The molecular formula is C19H21F2N7O3. The average molecular weight is 433 g/mol. The summed E-state index contributed by atoms with van der Waals surface area (Å²) in [6.45, 7) is -2.86. The average Bonchev–Trinajstić information content (AvgIpc) is 3.27. The summed E-state index contributed by atoms with van der Waals surface area (Å²) in [5.41, 5.74) is 0.437. The first-order chi connectivity index (χ1) is 14.9. The Labute approximate surface area is 176 Å². The van der Waals surface area contributed by atoms with Crippen LogP contribution < -0.4 is 20.3 Å². The number of carbonyl (C=O) groups is 2. The van der Waals surface area contributed by atoms with Gasteiger partial charge in [-0.3, -0.25) is 4.79 Å². The summed E-state index contributed by atoms with van der Waals surface area (Å²) in [6.07, 6.45) is 6.45. The van der Waals surface area contributed by atoms with Gasteiger partial charge in [0.05, 0.1) is 24.3 Å². The first-order valence-electron chi connectivity index (χ1n) is 9.73. The summed E-state index contributed by atoms with van der Waals surface area (Å²) in [6, 6.07) is 3.34. The third kappa shape index (κ3) is 4.78. The maximum atomic E-state index is 12.2. The number of anilines is 3. The Morgan fingerprint density at radius 1 is 1.06 bits per heavy atom. The number of carbonyl (C=O) groups excluding carboxylic acids is 2. The molecule has 1 saturated carbocycles. The number of halogens is 2. The Kier molecular flexibility index (Phi) is 5.78. The molecule has 2 N–H and O–H groups in total. The minimum absolute atomic E-state index is 0.0565. The van der Waals surface area contributed by atoms with Gasteiger partial charge in [-0.15, -0.1) is 0 Å². The zero-order valence-electron chi connectivity index (χ0n) is 16.7. The van der Waals surface area contributed by atoms with E-state index in [0.29, 0.717) is 17.5 Å². The molecule has 10 nitrogen and oxygen atoms in total. The molecule has 4 rings (SSSR count). The monoisotopic (exact) mass is 433 g/mol. The SMILES string of the molecule is CN1CC(=O)N(c2ccc(N[C@H]3CC[C@H](Nc4ncc(OC(F)F)cn4)C3)nc2)C1=O. The lowest BCUT2D eigenvalue weighted by Crippen LogP contribution is -2.31. The van der Waals surface area contributed by atoms with Crippen molar-refractivity contribution >= 4 is 29.4 Å². The fourth-order valence-electron chi connectivity index (χ4n) is 3.67. The lowest BCUT2D eigenvalue weighted by molar-refractivity contribution is -0.116. The smallest absolute Gasteiger partial charge is 0.387 e. The maximum Gasteiger partial charge on any atom is 0.387 e. The molecule has 2 aliphatic rings. The zero-order valence-corrected chi connectivity index (χ0v) is 16.7. The number of amides is 3. The van der Waals surface area contributed by atoms with Gasteiger partial charge in [0.25, 0.3) is 5.91 Å². The van der Waals surface area contributed by atoms with E-state index >= 15 is 0 Å². The largest absolute Gasteiger partial charge is 0.432 e. The lowest BCUT2D eigenvalue weighted by atomic mass is 10.2. The van der Waals surface area contributed by atoms with E-state index in [4.69, 9.17) is 0 Å². The molecule has 12 heteroatoms. The predicted molar refractivity (Wildman–Crippen MR) is 107 cm³/mol. The first kappa shape index (κ1) is 20.7. The topological polar surface area (TPSA) is 113 Å². The van der Waals surface area contributed by atoms with Crippen LogP contribution in [0.15, 0.2) is 30.7 Å². The minimum atomic E-state index is -2.91. The molecule has 2 fully saturated rings. The molecule has 31 heavy (non-hydrogen) atoms. The predicted octanol–water partition coefficient (Wildman–Crippen LogP) is 2.32. The number of hydrogen-bond acceptors (Lipinski definition) is 8. The lowest BCUT2D eigenvalue weighted by Gasteiger charge is -2.17. The number of nitrogens with one attached hydrogen (secondary N) is 2. The summed E-state index contributed by atoms with van der Waals surface area (Å²) in [5.74, 6) is 0.618. The third-order valence-electron chi connectivity index (χ3n) is 5.12. The van der Waals surface area contributed by atoms with Crippen molar-refractivity contribution in [3.8, 4) is 5.75 Å². The highest BCUT2D eigenvalue weighted by atomic mass is 19.3. The fourth-order valence-corrected chi connectivity index (χ4v) is 3.67. The van der Waals surface area contributed by atoms with E-state index in [0.717, 1.165) is 24.2 Å². The van der Waals surface area contributed by atoms with Crippen molar-refractivity contribution in [1.82, 2.24) is 19.9 Å². The Bertz CT molecular complexity index is 943. The van der Waals surface area contributed by atoms with Gasteiger partial charge in [0.15, 0.2) is 5.75 Å². The van der Waals surface area contributed by atoms with Crippen molar-refractivity contribution in [2.75, 3.05) is 29.1 Å². The molecule has 3 heterocycles. The van der Waals surface area contributed by atoms with Gasteiger partial charge in [-0.2, -0.15) is 8.78 Å². The van der Waals surface area contributed by atoms with Crippen molar-refractivity contribution in [3.05, 3.63) is 30.7 Å². The second-order valence-corrected chi connectivity index (χ2v) is 7.39. The molecule has 3 amide bonds. The van der Waals surface area contributed by atoms with Gasteiger partial charge >= 0.3 is 12.6 Å². The normalized spacial score (nSPS) is 21.2. The standard InChI is InChI=1S/C19H21F2N7O3/c1-27-10-16(29)28(19(27)30)13-4-5-15(22-7-13)25-11-2-3-12(6-11)26-18-23-8-14(9-24-18)31-17(20)21/h4-5,7-9,11-12,17H,2-3,6,10H2,1H3,(H,22,25)(H,23,24,26)/t11-,12-/m0/s1. The van der Waals surface area contributed by atoms with Crippen LogP contribution in [0.5, 0.6) is 5.75 Å². The number of aromatic nitrogens is 3. The molecular weight excluding hydrogens is 412 g/mol. The molecule has 2 aromatic heterocycles. The van der Waals surface area contributed by atoms with Crippen molar-refractivity contribution in [1.29, 1.82) is 0 Å². The van der Waals surface area contributed by atoms with Gasteiger partial charge in [0.1, 0.15) is 12.4 Å². The Balaban J connectivity index is 1.29. The van der Waals surface area contributed by atoms with Crippen LogP contribution in [0.4, 0.5) is 31.0 Å². The Hall–Kier alpha value is -3.57. The van der Waals surface area contributed by atoms with Crippen molar-refractivity contribution in [3.63, 3.8) is 0 Å². The highest BCUT2D eigenvalue weighted by Crippen LogP contribution is 2.26. The number of ether oxygens (including phenoxy) is 1. The fraction of sp³-hybridized carbons (Fsp3) is 0.421. The number of rotatable bonds is 7. The van der Waals surface area contributed by atoms with Crippen LogP contribution in [0.1, 0.15) is 19.3 Å². The maximum absolute atomic E-state index is 12.2. The van der Waals surface area contributed by atoms with E-state index < -0.39 is 6.61 Å². The van der Waals surface area contributed by atoms with Crippen LogP contribution in [-0.2, 0) is 4.79 Å². The molecule has 0 radical (unpaired) electrons. The number of urea groups is 1. The number of alkyl halides is 2. The van der Waals surface area contributed by atoms with E-state index in [2.05, 4.69) is 30.3 Å². The molecule has 1 aliphatic heterocycles. The summed E-state index contributed by atoms with van der Waals surface area (Å²) < 4.78 is 28.6. The molecule has 164 valence electrons. The van der Waals surface area contributed by atoms with Crippen molar-refractivity contribution in [2.24, 2.45) is 0 Å². The van der Waals surface area contributed by atoms with E-state index in [1.807, 2.05) is 0 Å². The van der Waals surface area contributed by atoms with Gasteiger partial charge in [0, 0.05) is 19.1 Å². The summed E-state index contributed by atoms with van der Waals surface area (Å²) in [7, 11) is 1.57. The van der Waals surface area contributed by atoms with Crippen LogP contribution in [-0.4, -0.2) is 64.1 Å². The van der Waals surface area contributed by atoms with Crippen LogP contribution in [0.2, 0.25) is 0 Å². The summed E-state index contributed by atoms with van der Waals surface area (Å²) in [4.78, 5) is 38.8. The molecule has 1 saturated heterocycles. The first-order valence-corrected chi connectivity index (χ1v) is 9.73. The van der Waals surface area contributed by atoms with E-state index in [1.165, 1.54) is 23.5 Å². The number of likely N-dealkylation sites (N-methyl/N-ethyl adjacent to an activating group) is 1. The number of pyridine rings is 1. The van der Waals surface area contributed by atoms with Gasteiger partial charge in [-0.1, -0.05) is 0 Å². The second kappa shape index (κ2) is 8.66. The molecule has 0 aromatic carbocycles. The highest BCUT2D eigenvalue weighted by Gasteiger charge is 2.35. The minimum Gasteiger partial charge on any atom is -0.432 e. The van der Waals surface area contributed by atoms with Gasteiger partial charge in [-0.25, -0.2) is 24.6 Å². The zero-order chi connectivity index (χ0) is 22.0. The van der Waals surface area contributed by atoms with Gasteiger partial charge in [0.2, 0.25) is 5.95 Å². The Morgan fingerprint density at radius 3 is 2.35 bits per heavy atom. The van der Waals surface area contributed by atoms with E-state index in [9.17, 15) is 18.4 Å². The van der Waals surface area contributed by atoms with Gasteiger partial charge < -0.3 is 20.3 Å². The number of imide groups is 1. The van der Waals surface area contributed by atoms with Crippen LogP contribution in [0, 0.1) is 0 Å². The summed E-state index contributed by atoms with van der Waals surface area (Å²) in [5, 5.41) is 6.53. The van der Waals surface area contributed by atoms with Gasteiger partial charge in [-0.05, 0) is 31.4 Å². The van der Waals surface area contributed by atoms with Crippen molar-refractivity contribution < 1.29 is 23.1 Å². The quantitative estimate of drug-likeness (QED) is 0.640. The molecule has 0 spiro atoms. The van der Waals surface area contributed by atoms with Crippen LogP contribution in [0.25, 0.3) is 0 Å². The van der Waals surface area contributed by atoms with Crippen molar-refractivity contribution in [2.45, 2.75) is 38.0 Å². The number of nitrogens with zero attached hydrogens (tertiary/aromatic N) is 5. The molecule has 1 aliphatic carbocycles. The second-order valence-electron chi connectivity index (χ2n) is 7.39. The van der Waals surface area contributed by atoms with E-state index in [-0.39, 0.29) is 36.3 Å². The molecule has 0 bridgehead atoms. The summed E-state index contributed by atoms with van der Waals surface area (Å²) >= 11 is 0. The van der Waals surface area contributed by atoms with Crippen LogP contribution >= 0.6 is 0 Å².